The van der Waals surface area contributed by atoms with E-state index in [0.717, 1.165) is 36.8 Å². The maximum atomic E-state index is 6.01. The predicted octanol–water partition coefficient (Wildman–Crippen LogP) is 2.88. The number of nitrogens with one attached hydrogen (secondary N) is 1. The van der Waals surface area contributed by atoms with Crippen LogP contribution in [-0.2, 0) is 6.42 Å². The minimum atomic E-state index is 0.121. The fraction of sp³-hybridized carbons (Fsp3) is 0.429. The maximum Gasteiger partial charge on any atom is 0.161 e. The Labute approximate surface area is 155 Å². The van der Waals surface area contributed by atoms with Crippen LogP contribution in [-0.4, -0.2) is 52.9 Å². The number of nitrogens with zero attached hydrogens (tertiary/aromatic N) is 1. The molecule has 1 heterocycles. The first-order valence-corrected chi connectivity index (χ1v) is 8.98. The summed E-state index contributed by atoms with van der Waals surface area (Å²) in [6, 6.07) is 12.6. The van der Waals surface area contributed by atoms with E-state index >= 15 is 0 Å². The maximum absolute atomic E-state index is 6.01. The standard InChI is InChI=1S/C21H28N2O3/c1-23(2)10-11-26-20-14-18-15(13-19(20)25-4)8-9-22-21(18)16-6-5-7-17(12-16)24-3/h5-7,12-14,21-22H,8-11H2,1-4H3. The van der Waals surface area contributed by atoms with Crippen LogP contribution in [0.25, 0.3) is 0 Å². The Bertz CT molecular complexity index is 746. The summed E-state index contributed by atoms with van der Waals surface area (Å²) in [5.41, 5.74) is 3.73. The third kappa shape index (κ3) is 4.11. The van der Waals surface area contributed by atoms with Crippen molar-refractivity contribution in [2.45, 2.75) is 12.5 Å². The van der Waals surface area contributed by atoms with Gasteiger partial charge in [0.05, 0.1) is 20.3 Å². The van der Waals surface area contributed by atoms with Gasteiger partial charge >= 0.3 is 0 Å². The average molecular weight is 356 g/mol. The first-order valence-electron chi connectivity index (χ1n) is 8.98. The smallest absolute Gasteiger partial charge is 0.161 e. The molecule has 140 valence electrons. The molecule has 0 fully saturated rings. The topological polar surface area (TPSA) is 43.0 Å². The number of hydrogen-bond acceptors (Lipinski definition) is 5. The van der Waals surface area contributed by atoms with E-state index in [1.54, 1.807) is 14.2 Å². The Hall–Kier alpha value is -2.24. The SMILES string of the molecule is COc1cccc(C2NCCc3cc(OC)c(OCCN(C)C)cc32)c1. The molecule has 1 unspecified atom stereocenters. The molecule has 0 spiro atoms. The summed E-state index contributed by atoms with van der Waals surface area (Å²) >= 11 is 0. The first kappa shape index (κ1) is 18.5. The summed E-state index contributed by atoms with van der Waals surface area (Å²) in [6.07, 6.45) is 0.976. The molecule has 1 N–H and O–H groups in total. The van der Waals surface area contributed by atoms with Crippen molar-refractivity contribution in [3.63, 3.8) is 0 Å². The lowest BCUT2D eigenvalue weighted by atomic mass is 9.89. The molecule has 1 atom stereocenters. The van der Waals surface area contributed by atoms with Gasteiger partial charge in [-0.25, -0.2) is 0 Å². The monoisotopic (exact) mass is 356 g/mol. The third-order valence-electron chi connectivity index (χ3n) is 4.70. The van der Waals surface area contributed by atoms with E-state index in [0.29, 0.717) is 6.61 Å². The lowest BCUT2D eigenvalue weighted by Crippen LogP contribution is -2.30. The Morgan fingerprint density at radius 3 is 2.65 bits per heavy atom. The van der Waals surface area contributed by atoms with E-state index < -0.39 is 0 Å². The minimum Gasteiger partial charge on any atom is -0.497 e. The number of rotatable bonds is 7. The Balaban J connectivity index is 1.93. The van der Waals surface area contributed by atoms with Crippen molar-refractivity contribution in [3.05, 3.63) is 53.1 Å². The van der Waals surface area contributed by atoms with Gasteiger partial charge in [0.15, 0.2) is 11.5 Å². The second-order valence-electron chi connectivity index (χ2n) is 6.77. The summed E-state index contributed by atoms with van der Waals surface area (Å²) in [5, 5.41) is 3.62. The van der Waals surface area contributed by atoms with E-state index in [4.69, 9.17) is 14.2 Å². The molecule has 2 aromatic carbocycles. The summed E-state index contributed by atoms with van der Waals surface area (Å²) in [4.78, 5) is 2.10. The Kier molecular flexibility index (Phi) is 6.01. The minimum absolute atomic E-state index is 0.121. The fourth-order valence-corrected chi connectivity index (χ4v) is 3.29. The van der Waals surface area contributed by atoms with Gasteiger partial charge in [0, 0.05) is 13.1 Å². The van der Waals surface area contributed by atoms with Gasteiger partial charge in [-0.05, 0) is 61.5 Å². The van der Waals surface area contributed by atoms with Crippen molar-refractivity contribution in [1.29, 1.82) is 0 Å². The van der Waals surface area contributed by atoms with Crippen molar-refractivity contribution in [3.8, 4) is 17.2 Å². The molecule has 2 aromatic rings. The molecule has 0 aliphatic carbocycles. The molecular weight excluding hydrogens is 328 g/mol. The number of likely N-dealkylation sites (N-methyl/N-ethyl adjacent to an activating group) is 1. The predicted molar refractivity (Wildman–Crippen MR) is 104 cm³/mol. The van der Waals surface area contributed by atoms with Crippen LogP contribution in [0.4, 0.5) is 0 Å². The molecule has 0 amide bonds. The van der Waals surface area contributed by atoms with Crippen LogP contribution in [0.1, 0.15) is 22.7 Å². The highest BCUT2D eigenvalue weighted by atomic mass is 16.5. The summed E-state index contributed by atoms with van der Waals surface area (Å²) < 4.78 is 17.0. The highest BCUT2D eigenvalue weighted by Gasteiger charge is 2.24. The van der Waals surface area contributed by atoms with Crippen LogP contribution in [0.15, 0.2) is 36.4 Å². The molecule has 26 heavy (non-hydrogen) atoms. The number of hydrogen-bond donors (Lipinski definition) is 1. The number of methoxy groups -OCH3 is 2. The van der Waals surface area contributed by atoms with Gasteiger partial charge in [-0.1, -0.05) is 12.1 Å². The summed E-state index contributed by atoms with van der Waals surface area (Å²) in [7, 11) is 7.47. The zero-order valence-corrected chi connectivity index (χ0v) is 16.0. The van der Waals surface area contributed by atoms with Crippen LogP contribution >= 0.6 is 0 Å². The van der Waals surface area contributed by atoms with Crippen LogP contribution in [0.5, 0.6) is 17.2 Å². The van der Waals surface area contributed by atoms with Crippen molar-refractivity contribution < 1.29 is 14.2 Å². The zero-order chi connectivity index (χ0) is 18.5. The lowest BCUT2D eigenvalue weighted by Gasteiger charge is -2.29. The molecule has 0 saturated carbocycles. The van der Waals surface area contributed by atoms with Crippen LogP contribution in [0, 0.1) is 0 Å². The van der Waals surface area contributed by atoms with E-state index in [1.165, 1.54) is 16.7 Å². The Morgan fingerprint density at radius 1 is 1.08 bits per heavy atom. The molecule has 5 heteroatoms. The van der Waals surface area contributed by atoms with Gasteiger partial charge < -0.3 is 24.4 Å². The van der Waals surface area contributed by atoms with Crippen molar-refractivity contribution >= 4 is 0 Å². The number of benzene rings is 2. The molecule has 0 bridgehead atoms. The summed E-state index contributed by atoms with van der Waals surface area (Å²) in [5.74, 6) is 2.46. The normalized spacial score (nSPS) is 16.3. The van der Waals surface area contributed by atoms with Gasteiger partial charge in [0.1, 0.15) is 12.4 Å². The quantitative estimate of drug-likeness (QED) is 0.826. The fourth-order valence-electron chi connectivity index (χ4n) is 3.29. The molecule has 0 radical (unpaired) electrons. The van der Waals surface area contributed by atoms with Gasteiger partial charge in [-0.2, -0.15) is 0 Å². The van der Waals surface area contributed by atoms with Crippen LogP contribution < -0.4 is 19.5 Å². The third-order valence-corrected chi connectivity index (χ3v) is 4.70. The second kappa shape index (κ2) is 8.43. The van der Waals surface area contributed by atoms with E-state index in [9.17, 15) is 0 Å². The van der Waals surface area contributed by atoms with E-state index in [1.807, 2.05) is 26.2 Å². The van der Waals surface area contributed by atoms with Gasteiger partial charge in [-0.15, -0.1) is 0 Å². The molecule has 3 rings (SSSR count). The lowest BCUT2D eigenvalue weighted by molar-refractivity contribution is 0.250. The molecule has 1 aliphatic heterocycles. The number of ether oxygens (including phenoxy) is 3. The Morgan fingerprint density at radius 2 is 1.92 bits per heavy atom. The number of fused-ring (bicyclic) bond motifs is 1. The second-order valence-corrected chi connectivity index (χ2v) is 6.77. The highest BCUT2D eigenvalue weighted by molar-refractivity contribution is 5.52. The van der Waals surface area contributed by atoms with Crippen LogP contribution in [0.2, 0.25) is 0 Å². The summed E-state index contributed by atoms with van der Waals surface area (Å²) in [6.45, 7) is 2.41. The van der Waals surface area contributed by atoms with Gasteiger partial charge in [0.25, 0.3) is 0 Å². The van der Waals surface area contributed by atoms with Crippen molar-refractivity contribution in [1.82, 2.24) is 10.2 Å². The largest absolute Gasteiger partial charge is 0.497 e. The molecular formula is C21H28N2O3. The average Bonchev–Trinajstić information content (AvgIpc) is 2.66. The van der Waals surface area contributed by atoms with E-state index in [2.05, 4.69) is 34.5 Å². The van der Waals surface area contributed by atoms with E-state index in [-0.39, 0.29) is 6.04 Å². The van der Waals surface area contributed by atoms with Gasteiger partial charge in [-0.3, -0.25) is 0 Å². The van der Waals surface area contributed by atoms with Crippen molar-refractivity contribution in [2.24, 2.45) is 0 Å². The first-order chi connectivity index (χ1) is 12.6. The zero-order valence-electron chi connectivity index (χ0n) is 16.0. The molecule has 0 aromatic heterocycles. The highest BCUT2D eigenvalue weighted by Crippen LogP contribution is 2.38. The van der Waals surface area contributed by atoms with Gasteiger partial charge in [0.2, 0.25) is 0 Å². The van der Waals surface area contributed by atoms with Crippen molar-refractivity contribution in [2.75, 3.05) is 48.0 Å². The molecule has 5 nitrogen and oxygen atoms in total. The molecule has 0 saturated heterocycles. The van der Waals surface area contributed by atoms with Crippen LogP contribution in [0.3, 0.4) is 0 Å². The molecule has 1 aliphatic rings.